The lowest BCUT2D eigenvalue weighted by Gasteiger charge is -2.29. The molecular formula is C30H47N5O9. The molecule has 14 heteroatoms. The molecule has 44 heavy (non-hydrogen) atoms. The van der Waals surface area contributed by atoms with Gasteiger partial charge in [-0.2, -0.15) is 0 Å². The van der Waals surface area contributed by atoms with Crippen molar-refractivity contribution in [3.05, 3.63) is 35.9 Å². The number of carbonyl (C=O) groups excluding carboxylic acids is 6. The standard InChI is InChI=1S/C30H47N5O9/c1-18(2)24(27(39)32-14-22(36)31-15-23(37)42-8)35-28(40)25(19(3)4)34-26(38)21(33-29(41)44-30(5,6)7)17-43-16-20-12-10-9-11-13-20/h9-13,18-19,21,24-25H,14-17H2,1-8H3,(H,31,36)(H,32,39)(H,33,41)(H,34,38)(H,35,40)/t21-,24-,25-/m0/s1. The molecule has 0 heterocycles. The van der Waals surface area contributed by atoms with E-state index in [1.807, 2.05) is 30.3 Å². The van der Waals surface area contributed by atoms with Crippen molar-refractivity contribution in [3.63, 3.8) is 0 Å². The Morgan fingerprint density at radius 2 is 1.32 bits per heavy atom. The Bertz CT molecular complexity index is 1120. The van der Waals surface area contributed by atoms with Gasteiger partial charge in [0.1, 0.15) is 30.3 Å². The summed E-state index contributed by atoms with van der Waals surface area (Å²) < 4.78 is 15.5. The number of methoxy groups -OCH3 is 1. The predicted molar refractivity (Wildman–Crippen MR) is 161 cm³/mol. The van der Waals surface area contributed by atoms with Gasteiger partial charge in [0.2, 0.25) is 23.6 Å². The Morgan fingerprint density at radius 3 is 1.86 bits per heavy atom. The second-order valence-corrected chi connectivity index (χ2v) is 11.7. The molecule has 0 unspecified atom stereocenters. The lowest BCUT2D eigenvalue weighted by molar-refractivity contribution is -0.141. The van der Waals surface area contributed by atoms with E-state index < -0.39 is 71.9 Å². The summed E-state index contributed by atoms with van der Waals surface area (Å²) in [6.45, 7) is 11.1. The van der Waals surface area contributed by atoms with Crippen LogP contribution in [0.3, 0.4) is 0 Å². The predicted octanol–water partition coefficient (Wildman–Crippen LogP) is 0.784. The second kappa shape index (κ2) is 18.5. The van der Waals surface area contributed by atoms with Crippen LogP contribution in [0.4, 0.5) is 4.79 Å². The minimum absolute atomic E-state index is 0.181. The van der Waals surface area contributed by atoms with E-state index in [-0.39, 0.29) is 25.7 Å². The molecule has 1 aromatic rings. The van der Waals surface area contributed by atoms with Crippen molar-refractivity contribution in [1.29, 1.82) is 0 Å². The van der Waals surface area contributed by atoms with Gasteiger partial charge in [0.15, 0.2) is 0 Å². The summed E-state index contributed by atoms with van der Waals surface area (Å²) in [7, 11) is 1.18. The first-order chi connectivity index (χ1) is 20.5. The van der Waals surface area contributed by atoms with Gasteiger partial charge < -0.3 is 40.8 Å². The third kappa shape index (κ3) is 14.8. The van der Waals surface area contributed by atoms with Crippen LogP contribution in [-0.2, 0) is 44.8 Å². The zero-order valence-corrected chi connectivity index (χ0v) is 26.8. The zero-order chi connectivity index (χ0) is 33.4. The minimum Gasteiger partial charge on any atom is -0.468 e. The SMILES string of the molecule is COC(=O)CNC(=O)CNC(=O)[C@@H](NC(=O)[C@@H](NC(=O)[C@H](COCc1ccccc1)NC(=O)OC(C)(C)C)C(C)C)C(C)C. The minimum atomic E-state index is -1.20. The van der Waals surface area contributed by atoms with Gasteiger partial charge in [0.25, 0.3) is 0 Å². The molecule has 0 aliphatic heterocycles. The van der Waals surface area contributed by atoms with Gasteiger partial charge in [0, 0.05) is 0 Å². The summed E-state index contributed by atoms with van der Waals surface area (Å²) in [6.07, 6.45) is -0.835. The summed E-state index contributed by atoms with van der Waals surface area (Å²) >= 11 is 0. The van der Waals surface area contributed by atoms with Gasteiger partial charge in [-0.25, -0.2) is 4.79 Å². The first-order valence-electron chi connectivity index (χ1n) is 14.4. The van der Waals surface area contributed by atoms with Crippen LogP contribution in [0, 0.1) is 11.8 Å². The maximum Gasteiger partial charge on any atom is 0.408 e. The summed E-state index contributed by atoms with van der Waals surface area (Å²) in [5, 5.41) is 12.5. The number of nitrogens with one attached hydrogen (secondary N) is 5. The van der Waals surface area contributed by atoms with Crippen molar-refractivity contribution in [2.75, 3.05) is 26.8 Å². The van der Waals surface area contributed by atoms with Crippen LogP contribution in [-0.4, -0.2) is 86.2 Å². The summed E-state index contributed by atoms with van der Waals surface area (Å²) in [5.74, 6) is -4.02. The molecule has 0 aliphatic rings. The molecular weight excluding hydrogens is 574 g/mol. The van der Waals surface area contributed by atoms with E-state index in [0.717, 1.165) is 5.56 Å². The monoisotopic (exact) mass is 621 g/mol. The van der Waals surface area contributed by atoms with Crippen molar-refractivity contribution < 1.29 is 43.0 Å². The second-order valence-electron chi connectivity index (χ2n) is 11.7. The first-order valence-corrected chi connectivity index (χ1v) is 14.4. The molecule has 246 valence electrons. The highest BCUT2D eigenvalue weighted by Crippen LogP contribution is 2.10. The quantitative estimate of drug-likeness (QED) is 0.166. The molecule has 0 spiro atoms. The van der Waals surface area contributed by atoms with Crippen molar-refractivity contribution in [2.24, 2.45) is 11.8 Å². The Labute approximate surface area is 258 Å². The molecule has 0 radical (unpaired) electrons. The van der Waals surface area contributed by atoms with E-state index in [0.29, 0.717) is 0 Å². The summed E-state index contributed by atoms with van der Waals surface area (Å²) in [4.78, 5) is 75.2. The van der Waals surface area contributed by atoms with Crippen LogP contribution in [0.1, 0.15) is 54.0 Å². The van der Waals surface area contributed by atoms with Gasteiger partial charge in [-0.15, -0.1) is 0 Å². The van der Waals surface area contributed by atoms with Crippen LogP contribution < -0.4 is 26.6 Å². The molecule has 0 bridgehead atoms. The number of hydrogen-bond donors (Lipinski definition) is 5. The van der Waals surface area contributed by atoms with Gasteiger partial charge >= 0.3 is 12.1 Å². The number of benzene rings is 1. The number of hydrogen-bond acceptors (Lipinski definition) is 9. The zero-order valence-electron chi connectivity index (χ0n) is 26.8. The smallest absolute Gasteiger partial charge is 0.408 e. The highest BCUT2D eigenvalue weighted by molar-refractivity contribution is 5.95. The van der Waals surface area contributed by atoms with Gasteiger partial charge in [-0.1, -0.05) is 58.0 Å². The van der Waals surface area contributed by atoms with E-state index in [2.05, 4.69) is 31.3 Å². The lowest BCUT2D eigenvalue weighted by atomic mass is 9.99. The summed E-state index contributed by atoms with van der Waals surface area (Å²) in [5.41, 5.74) is 0.0486. The van der Waals surface area contributed by atoms with E-state index in [1.54, 1.807) is 48.5 Å². The van der Waals surface area contributed by atoms with Gasteiger partial charge in [-0.3, -0.25) is 24.0 Å². The van der Waals surface area contributed by atoms with Crippen molar-refractivity contribution in [3.8, 4) is 0 Å². The molecule has 0 saturated heterocycles. The normalized spacial score (nSPS) is 13.2. The largest absolute Gasteiger partial charge is 0.468 e. The number of amides is 5. The van der Waals surface area contributed by atoms with E-state index in [9.17, 15) is 28.8 Å². The number of alkyl carbamates (subject to hydrolysis) is 1. The molecule has 5 amide bonds. The highest BCUT2D eigenvalue weighted by atomic mass is 16.6. The van der Waals surface area contributed by atoms with Crippen LogP contribution in [0.5, 0.6) is 0 Å². The van der Waals surface area contributed by atoms with Gasteiger partial charge in [-0.05, 0) is 38.2 Å². The fraction of sp³-hybridized carbons (Fsp3) is 0.600. The van der Waals surface area contributed by atoms with E-state index in [4.69, 9.17) is 9.47 Å². The third-order valence-electron chi connectivity index (χ3n) is 5.98. The lowest BCUT2D eigenvalue weighted by Crippen LogP contribution is -2.60. The Balaban J connectivity index is 2.95. The van der Waals surface area contributed by atoms with E-state index >= 15 is 0 Å². The average Bonchev–Trinajstić information content (AvgIpc) is 2.94. The Hall–Kier alpha value is -4.20. The molecule has 14 nitrogen and oxygen atoms in total. The molecule has 5 N–H and O–H groups in total. The molecule has 1 rings (SSSR count). The van der Waals surface area contributed by atoms with Crippen LogP contribution in [0.2, 0.25) is 0 Å². The number of rotatable bonds is 16. The first kappa shape index (κ1) is 37.8. The topological polar surface area (TPSA) is 190 Å². The van der Waals surface area contributed by atoms with Crippen molar-refractivity contribution in [1.82, 2.24) is 26.6 Å². The van der Waals surface area contributed by atoms with Crippen LogP contribution >= 0.6 is 0 Å². The van der Waals surface area contributed by atoms with E-state index in [1.165, 1.54) is 7.11 Å². The summed E-state index contributed by atoms with van der Waals surface area (Å²) in [6, 6.07) is 5.93. The average molecular weight is 622 g/mol. The molecule has 1 aromatic carbocycles. The fourth-order valence-corrected chi connectivity index (χ4v) is 3.65. The molecule has 0 saturated carbocycles. The highest BCUT2D eigenvalue weighted by Gasteiger charge is 2.33. The Kier molecular flexibility index (Phi) is 15.9. The Morgan fingerprint density at radius 1 is 0.750 bits per heavy atom. The van der Waals surface area contributed by atoms with Gasteiger partial charge in [0.05, 0.1) is 26.9 Å². The molecule has 3 atom stereocenters. The molecule has 0 aliphatic carbocycles. The third-order valence-corrected chi connectivity index (χ3v) is 5.98. The van der Waals surface area contributed by atoms with Crippen molar-refractivity contribution >= 4 is 35.7 Å². The molecule has 0 fully saturated rings. The number of carbonyl (C=O) groups is 6. The van der Waals surface area contributed by atoms with Crippen LogP contribution in [0.25, 0.3) is 0 Å². The van der Waals surface area contributed by atoms with Crippen molar-refractivity contribution in [2.45, 2.75) is 78.8 Å². The number of ether oxygens (including phenoxy) is 3. The molecule has 0 aromatic heterocycles. The van der Waals surface area contributed by atoms with Crippen LogP contribution in [0.15, 0.2) is 30.3 Å². The maximum absolute atomic E-state index is 13.4. The number of esters is 1. The fourth-order valence-electron chi connectivity index (χ4n) is 3.65. The maximum atomic E-state index is 13.4.